The summed E-state index contributed by atoms with van der Waals surface area (Å²) in [5.41, 5.74) is 1.12. The molecule has 0 unspecified atom stereocenters. The summed E-state index contributed by atoms with van der Waals surface area (Å²) in [7, 11) is 0. The third kappa shape index (κ3) is 2.83. The monoisotopic (exact) mass is 353 g/mol. The molecule has 2 aromatic heterocycles. The molecule has 0 amide bonds. The molecule has 0 aliphatic carbocycles. The van der Waals surface area contributed by atoms with Crippen molar-refractivity contribution in [2.45, 2.75) is 13.1 Å². The van der Waals surface area contributed by atoms with Gasteiger partial charge in [-0.25, -0.2) is 9.67 Å². The number of nitrogens with zero attached hydrogens (tertiary/aromatic N) is 3. The quantitative estimate of drug-likeness (QED) is 0.482. The van der Waals surface area contributed by atoms with Crippen LogP contribution in [0.3, 0.4) is 0 Å². The number of pyridine rings is 1. The van der Waals surface area contributed by atoms with Crippen LogP contribution < -0.4 is 0 Å². The van der Waals surface area contributed by atoms with Gasteiger partial charge in [-0.05, 0) is 36.6 Å². The van der Waals surface area contributed by atoms with Crippen molar-refractivity contribution in [3.63, 3.8) is 0 Å². The number of alkyl halides is 3. The summed E-state index contributed by atoms with van der Waals surface area (Å²) < 4.78 is 41.0. The van der Waals surface area contributed by atoms with Crippen molar-refractivity contribution in [1.29, 1.82) is 0 Å². The molecule has 6 heteroatoms. The maximum Gasteiger partial charge on any atom is 0.416 e. The molecule has 2 heterocycles. The fourth-order valence-corrected chi connectivity index (χ4v) is 2.97. The lowest BCUT2D eigenvalue weighted by atomic mass is 10.0. The summed E-state index contributed by atoms with van der Waals surface area (Å²) >= 11 is 0. The van der Waals surface area contributed by atoms with Gasteiger partial charge in [-0.1, -0.05) is 36.4 Å². The lowest BCUT2D eigenvalue weighted by Gasteiger charge is -2.13. The van der Waals surface area contributed by atoms with Crippen LogP contribution in [-0.4, -0.2) is 14.8 Å². The first-order valence-corrected chi connectivity index (χ1v) is 8.02. The Labute approximate surface area is 147 Å². The molecular formula is C20H14F3N3. The van der Waals surface area contributed by atoms with Crippen LogP contribution in [0.15, 0.2) is 66.9 Å². The Balaban J connectivity index is 1.99. The number of rotatable bonds is 2. The van der Waals surface area contributed by atoms with Crippen LogP contribution in [-0.2, 0) is 6.18 Å². The smallest absolute Gasteiger partial charge is 0.228 e. The van der Waals surface area contributed by atoms with Crippen molar-refractivity contribution in [2.24, 2.45) is 0 Å². The zero-order chi connectivity index (χ0) is 18.3. The zero-order valence-corrected chi connectivity index (χ0v) is 13.8. The third-order valence-corrected chi connectivity index (χ3v) is 4.24. The Bertz CT molecular complexity index is 1100. The largest absolute Gasteiger partial charge is 0.416 e. The van der Waals surface area contributed by atoms with Crippen LogP contribution in [0, 0.1) is 6.92 Å². The third-order valence-electron chi connectivity index (χ3n) is 4.24. The second kappa shape index (κ2) is 5.98. The first kappa shape index (κ1) is 16.3. The molecule has 0 fully saturated rings. The van der Waals surface area contributed by atoms with E-state index in [2.05, 4.69) is 10.1 Å². The minimum absolute atomic E-state index is 0.419. The second-order valence-electron chi connectivity index (χ2n) is 6.01. The van der Waals surface area contributed by atoms with Gasteiger partial charge in [0.1, 0.15) is 0 Å². The van der Waals surface area contributed by atoms with Crippen LogP contribution in [0.5, 0.6) is 0 Å². The van der Waals surface area contributed by atoms with Crippen molar-refractivity contribution in [3.8, 4) is 17.1 Å². The molecule has 0 atom stereocenters. The highest BCUT2D eigenvalue weighted by Crippen LogP contribution is 2.34. The summed E-state index contributed by atoms with van der Waals surface area (Å²) in [6.07, 6.45) is -2.74. The number of fused-ring (bicyclic) bond motifs is 1. The van der Waals surface area contributed by atoms with Crippen LogP contribution in [0.2, 0.25) is 0 Å². The van der Waals surface area contributed by atoms with E-state index in [9.17, 15) is 13.2 Å². The second-order valence-corrected chi connectivity index (χ2v) is 6.01. The Morgan fingerprint density at radius 1 is 0.923 bits per heavy atom. The summed E-state index contributed by atoms with van der Waals surface area (Å²) in [5.74, 6) is 0.568. The molecular weight excluding hydrogens is 339 g/mol. The van der Waals surface area contributed by atoms with Gasteiger partial charge in [0.2, 0.25) is 0 Å². The van der Waals surface area contributed by atoms with Gasteiger partial charge in [0.25, 0.3) is 0 Å². The highest BCUT2D eigenvalue weighted by Gasteiger charge is 2.30. The van der Waals surface area contributed by atoms with E-state index in [0.29, 0.717) is 17.1 Å². The van der Waals surface area contributed by atoms with Crippen molar-refractivity contribution in [2.75, 3.05) is 0 Å². The molecule has 4 aromatic rings. The number of aromatic nitrogens is 3. The molecule has 2 aromatic carbocycles. The summed E-state index contributed by atoms with van der Waals surface area (Å²) in [4.78, 5) is 4.63. The minimum atomic E-state index is -4.40. The normalized spacial score (nSPS) is 11.8. The molecule has 0 aliphatic heterocycles. The fraction of sp³-hybridized carbons (Fsp3) is 0.100. The predicted octanol–water partition coefficient (Wildman–Crippen LogP) is 5.41. The Morgan fingerprint density at radius 2 is 1.73 bits per heavy atom. The predicted molar refractivity (Wildman–Crippen MR) is 94.0 cm³/mol. The number of hydrogen-bond acceptors (Lipinski definition) is 2. The lowest BCUT2D eigenvalue weighted by Crippen LogP contribution is -2.05. The van der Waals surface area contributed by atoms with E-state index in [1.807, 2.05) is 43.3 Å². The van der Waals surface area contributed by atoms with Crippen LogP contribution >= 0.6 is 0 Å². The molecule has 0 spiro atoms. The van der Waals surface area contributed by atoms with E-state index in [1.165, 1.54) is 6.07 Å². The molecule has 130 valence electrons. The zero-order valence-electron chi connectivity index (χ0n) is 13.8. The van der Waals surface area contributed by atoms with E-state index in [0.717, 1.165) is 28.6 Å². The summed E-state index contributed by atoms with van der Waals surface area (Å²) in [5, 5.41) is 5.94. The van der Waals surface area contributed by atoms with Crippen LogP contribution in [0.25, 0.3) is 27.8 Å². The van der Waals surface area contributed by atoms with E-state index in [-0.39, 0.29) is 0 Å². The maximum absolute atomic E-state index is 13.1. The number of benzene rings is 2. The van der Waals surface area contributed by atoms with Gasteiger partial charge < -0.3 is 0 Å². The summed E-state index contributed by atoms with van der Waals surface area (Å²) in [6, 6.07) is 16.5. The van der Waals surface area contributed by atoms with Crippen molar-refractivity contribution < 1.29 is 13.2 Å². The minimum Gasteiger partial charge on any atom is -0.228 e. The van der Waals surface area contributed by atoms with Gasteiger partial charge in [0.05, 0.1) is 11.3 Å². The molecule has 0 saturated heterocycles. The molecule has 0 N–H and O–H groups in total. The van der Waals surface area contributed by atoms with Gasteiger partial charge in [0.15, 0.2) is 5.82 Å². The molecule has 4 rings (SSSR count). The highest BCUT2D eigenvalue weighted by atomic mass is 19.4. The molecule has 26 heavy (non-hydrogen) atoms. The number of hydrogen-bond donors (Lipinski definition) is 0. The SMILES string of the molecule is Cc1ccnn1-c1cc2ccccc2c(-c2cccc(C(F)(F)F)c2)n1. The number of aryl methyl sites for hydroxylation is 1. The molecule has 3 nitrogen and oxygen atoms in total. The van der Waals surface area contributed by atoms with Gasteiger partial charge in [-0.15, -0.1) is 0 Å². The van der Waals surface area contributed by atoms with Crippen LogP contribution in [0.4, 0.5) is 13.2 Å². The highest BCUT2D eigenvalue weighted by molar-refractivity contribution is 5.95. The van der Waals surface area contributed by atoms with Gasteiger partial charge >= 0.3 is 6.18 Å². The van der Waals surface area contributed by atoms with E-state index >= 15 is 0 Å². The lowest BCUT2D eigenvalue weighted by molar-refractivity contribution is -0.137. The van der Waals surface area contributed by atoms with Crippen molar-refractivity contribution >= 4 is 10.8 Å². The summed E-state index contributed by atoms with van der Waals surface area (Å²) in [6.45, 7) is 1.90. The standard InChI is InChI=1S/C20H14F3N3/c1-13-9-10-24-26(13)18-12-14-5-2-3-8-17(14)19(25-18)15-6-4-7-16(11-15)20(21,22)23/h2-12H,1H3. The Morgan fingerprint density at radius 3 is 2.46 bits per heavy atom. The van der Waals surface area contributed by atoms with Gasteiger partial charge in [0, 0.05) is 22.8 Å². The molecule has 0 saturated carbocycles. The molecule has 0 bridgehead atoms. The van der Waals surface area contributed by atoms with Crippen molar-refractivity contribution in [3.05, 3.63) is 78.1 Å². The topological polar surface area (TPSA) is 30.7 Å². The average Bonchev–Trinajstić information content (AvgIpc) is 3.06. The first-order chi connectivity index (χ1) is 12.4. The Hall–Kier alpha value is -3.15. The average molecular weight is 353 g/mol. The van der Waals surface area contributed by atoms with Gasteiger partial charge in [-0.2, -0.15) is 18.3 Å². The molecule has 0 radical (unpaired) electrons. The fourth-order valence-electron chi connectivity index (χ4n) is 2.97. The Kier molecular flexibility index (Phi) is 3.76. The first-order valence-electron chi connectivity index (χ1n) is 8.02. The maximum atomic E-state index is 13.1. The van der Waals surface area contributed by atoms with E-state index in [1.54, 1.807) is 16.9 Å². The molecule has 0 aliphatic rings. The van der Waals surface area contributed by atoms with E-state index in [4.69, 9.17) is 0 Å². The van der Waals surface area contributed by atoms with Gasteiger partial charge in [-0.3, -0.25) is 0 Å². The number of halogens is 3. The van der Waals surface area contributed by atoms with Crippen molar-refractivity contribution in [1.82, 2.24) is 14.8 Å². The van der Waals surface area contributed by atoms with Crippen LogP contribution in [0.1, 0.15) is 11.3 Å². The van der Waals surface area contributed by atoms with E-state index < -0.39 is 11.7 Å².